The molecule has 0 aliphatic heterocycles. The Morgan fingerprint density at radius 1 is 1.33 bits per heavy atom. The maximum atomic E-state index is 14.2. The van der Waals surface area contributed by atoms with E-state index in [4.69, 9.17) is 16.3 Å². The molecule has 0 spiro atoms. The highest BCUT2D eigenvalue weighted by Gasteiger charge is 2.21. The first kappa shape index (κ1) is 21.5. The molecule has 0 radical (unpaired) electrons. The molecule has 0 fully saturated rings. The molecule has 2 rings (SSSR count). The molecule has 0 atom stereocenters. The summed E-state index contributed by atoms with van der Waals surface area (Å²) in [6.45, 7) is 0. The summed E-state index contributed by atoms with van der Waals surface area (Å²) in [7, 11) is -1.03. The number of halogens is 3. The predicted octanol–water partition coefficient (Wildman–Crippen LogP) is 3.41. The van der Waals surface area contributed by atoms with E-state index in [-0.39, 0.29) is 41.0 Å². The molecule has 1 heterocycles. The molecule has 27 heavy (non-hydrogen) atoms. The molecule has 11 heteroatoms. The molecular weight excluding hydrogens is 465 g/mol. The van der Waals surface area contributed by atoms with Crippen LogP contribution < -0.4 is 20.3 Å². The number of ether oxygens (including phenoxy) is 1. The molecule has 148 valence electrons. The van der Waals surface area contributed by atoms with Gasteiger partial charge in [0.2, 0.25) is 10.0 Å². The van der Waals surface area contributed by atoms with Gasteiger partial charge in [0.05, 0.1) is 18.6 Å². The van der Waals surface area contributed by atoms with Crippen molar-refractivity contribution in [2.75, 3.05) is 28.8 Å². The summed E-state index contributed by atoms with van der Waals surface area (Å²) in [4.78, 5) is 12.2. The van der Waals surface area contributed by atoms with Crippen molar-refractivity contribution in [3.05, 3.63) is 44.9 Å². The number of aromatic nitrogens is 1. The van der Waals surface area contributed by atoms with Crippen LogP contribution in [-0.4, -0.2) is 31.7 Å². The number of rotatable bonds is 8. The minimum absolute atomic E-state index is 0.00325. The van der Waals surface area contributed by atoms with Crippen molar-refractivity contribution < 1.29 is 17.5 Å². The van der Waals surface area contributed by atoms with Crippen molar-refractivity contribution in [1.82, 2.24) is 4.57 Å². The fourth-order valence-corrected chi connectivity index (χ4v) is 4.01. The van der Waals surface area contributed by atoms with E-state index in [2.05, 4.69) is 26.0 Å². The van der Waals surface area contributed by atoms with Crippen molar-refractivity contribution in [2.24, 2.45) is 7.05 Å². The van der Waals surface area contributed by atoms with E-state index >= 15 is 0 Å². The summed E-state index contributed by atoms with van der Waals surface area (Å²) >= 11 is 8.73. The highest BCUT2D eigenvalue weighted by Crippen LogP contribution is 2.34. The summed E-state index contributed by atoms with van der Waals surface area (Å²) in [6, 6.07) is 5.44. The minimum Gasteiger partial charge on any atom is -0.494 e. The Hall–Kier alpha value is -1.78. The monoisotopic (exact) mass is 481 g/mol. The Bertz CT molecular complexity index is 998. The van der Waals surface area contributed by atoms with Crippen LogP contribution in [0.5, 0.6) is 5.75 Å². The summed E-state index contributed by atoms with van der Waals surface area (Å²) < 4.78 is 48.1. The van der Waals surface area contributed by atoms with Gasteiger partial charge in [-0.1, -0.05) is 15.9 Å². The lowest BCUT2D eigenvalue weighted by Gasteiger charge is -2.20. The second-order valence-corrected chi connectivity index (χ2v) is 8.68. The maximum absolute atomic E-state index is 14.2. The number of hydrogen-bond acceptors (Lipinski definition) is 5. The largest absolute Gasteiger partial charge is 0.494 e. The summed E-state index contributed by atoms with van der Waals surface area (Å²) in [5, 5.41) is 2.76. The fraction of sp³-hybridized carbons (Fsp3) is 0.312. The SMILES string of the molecule is COc1cc(=O)n(C)c(Nc2ccc(Br)cc2F)c1NS(=O)(=O)CCCCl. The van der Waals surface area contributed by atoms with Crippen LogP contribution in [0.1, 0.15) is 6.42 Å². The van der Waals surface area contributed by atoms with Crippen LogP contribution >= 0.6 is 27.5 Å². The number of nitrogens with one attached hydrogen (secondary N) is 2. The zero-order valence-electron chi connectivity index (χ0n) is 14.6. The van der Waals surface area contributed by atoms with Gasteiger partial charge in [-0.3, -0.25) is 14.1 Å². The van der Waals surface area contributed by atoms with E-state index in [0.717, 1.165) is 10.6 Å². The number of pyridine rings is 1. The van der Waals surface area contributed by atoms with Crippen molar-refractivity contribution in [2.45, 2.75) is 6.42 Å². The number of nitrogens with zero attached hydrogens (tertiary/aromatic N) is 1. The number of anilines is 3. The van der Waals surface area contributed by atoms with Gasteiger partial charge in [0.1, 0.15) is 17.3 Å². The van der Waals surface area contributed by atoms with Gasteiger partial charge in [-0.15, -0.1) is 11.6 Å². The molecule has 1 aromatic carbocycles. The highest BCUT2D eigenvalue weighted by molar-refractivity contribution is 9.10. The lowest BCUT2D eigenvalue weighted by molar-refractivity contribution is 0.415. The van der Waals surface area contributed by atoms with Gasteiger partial charge in [0.25, 0.3) is 5.56 Å². The topological polar surface area (TPSA) is 89.4 Å². The van der Waals surface area contributed by atoms with E-state index < -0.39 is 21.4 Å². The van der Waals surface area contributed by atoms with Crippen molar-refractivity contribution >= 4 is 54.7 Å². The molecule has 0 aliphatic rings. The molecular formula is C16H18BrClFN3O4S. The summed E-state index contributed by atoms with van der Waals surface area (Å²) in [5.41, 5.74) is -0.408. The van der Waals surface area contributed by atoms with E-state index in [1.807, 2.05) is 0 Å². The van der Waals surface area contributed by atoms with Crippen molar-refractivity contribution in [1.29, 1.82) is 0 Å². The third-order valence-corrected chi connectivity index (χ3v) is 5.71. The maximum Gasteiger partial charge on any atom is 0.255 e. The normalized spacial score (nSPS) is 11.3. The summed E-state index contributed by atoms with van der Waals surface area (Å²) in [5.74, 6) is -0.576. The second kappa shape index (κ2) is 8.94. The molecule has 0 unspecified atom stereocenters. The standard InChI is InChI=1S/C16H18BrClFN3O4S/c1-22-14(23)9-13(26-2)15(21-27(24,25)7-3-6-18)16(22)20-12-5-4-10(17)8-11(12)19/h4-5,8-9,20-21H,3,6-7H2,1-2H3. The fourth-order valence-electron chi connectivity index (χ4n) is 2.25. The van der Waals surface area contributed by atoms with Crippen LogP contribution in [0.15, 0.2) is 33.5 Å². The van der Waals surface area contributed by atoms with Gasteiger partial charge < -0.3 is 10.1 Å². The molecule has 0 amide bonds. The predicted molar refractivity (Wildman–Crippen MR) is 108 cm³/mol. The minimum atomic E-state index is -3.76. The van der Waals surface area contributed by atoms with Gasteiger partial charge in [0.15, 0.2) is 5.75 Å². The first-order chi connectivity index (χ1) is 12.7. The van der Waals surface area contributed by atoms with Gasteiger partial charge in [-0.2, -0.15) is 0 Å². The van der Waals surface area contributed by atoms with Crippen LogP contribution in [0.3, 0.4) is 0 Å². The molecule has 0 saturated carbocycles. The quantitative estimate of drug-likeness (QED) is 0.563. The van der Waals surface area contributed by atoms with Gasteiger partial charge >= 0.3 is 0 Å². The Balaban J connectivity index is 2.57. The molecule has 2 aromatic rings. The lowest BCUT2D eigenvalue weighted by atomic mass is 10.3. The molecule has 2 N–H and O–H groups in total. The van der Waals surface area contributed by atoms with Crippen LogP contribution in [0.25, 0.3) is 0 Å². The molecule has 0 aliphatic carbocycles. The molecule has 7 nitrogen and oxygen atoms in total. The summed E-state index contributed by atoms with van der Waals surface area (Å²) in [6.07, 6.45) is 0.245. The zero-order valence-corrected chi connectivity index (χ0v) is 17.7. The number of alkyl halides is 1. The van der Waals surface area contributed by atoms with Crippen molar-refractivity contribution in [3.8, 4) is 5.75 Å². The number of methoxy groups -OCH3 is 1. The molecule has 1 aromatic heterocycles. The lowest BCUT2D eigenvalue weighted by Crippen LogP contribution is -2.24. The van der Waals surface area contributed by atoms with E-state index in [0.29, 0.717) is 4.47 Å². The third-order valence-electron chi connectivity index (χ3n) is 3.61. The second-order valence-electron chi connectivity index (χ2n) is 5.55. The van der Waals surface area contributed by atoms with Crippen LogP contribution in [0, 0.1) is 5.82 Å². The van der Waals surface area contributed by atoms with Crippen LogP contribution in [0.4, 0.5) is 21.6 Å². The van der Waals surface area contributed by atoms with Gasteiger partial charge in [0, 0.05) is 23.5 Å². The number of hydrogen-bond donors (Lipinski definition) is 2. The van der Waals surface area contributed by atoms with Gasteiger partial charge in [-0.25, -0.2) is 12.8 Å². The average Bonchev–Trinajstić information content (AvgIpc) is 2.61. The van der Waals surface area contributed by atoms with Gasteiger partial charge in [-0.05, 0) is 24.6 Å². The number of benzene rings is 1. The first-order valence-corrected chi connectivity index (χ1v) is 10.7. The number of sulfonamides is 1. The Morgan fingerprint density at radius 3 is 2.63 bits per heavy atom. The van der Waals surface area contributed by atoms with Crippen LogP contribution in [-0.2, 0) is 17.1 Å². The Kier molecular flexibility index (Phi) is 7.12. The molecule has 0 saturated heterocycles. The van der Waals surface area contributed by atoms with Crippen LogP contribution in [0.2, 0.25) is 0 Å². The Labute approximate surface area is 169 Å². The Morgan fingerprint density at radius 2 is 2.04 bits per heavy atom. The van der Waals surface area contributed by atoms with E-state index in [1.165, 1.54) is 26.3 Å². The smallest absolute Gasteiger partial charge is 0.255 e. The van der Waals surface area contributed by atoms with E-state index in [1.54, 1.807) is 6.07 Å². The van der Waals surface area contributed by atoms with Crippen molar-refractivity contribution in [3.63, 3.8) is 0 Å². The van der Waals surface area contributed by atoms with E-state index in [9.17, 15) is 17.6 Å². The average molecular weight is 483 g/mol. The third kappa shape index (κ3) is 5.36. The first-order valence-electron chi connectivity index (χ1n) is 7.75. The zero-order chi connectivity index (χ0) is 20.2. The highest BCUT2D eigenvalue weighted by atomic mass is 79.9. The molecule has 0 bridgehead atoms.